The number of hydrogen-bond acceptors (Lipinski definition) is 5. The van der Waals surface area contributed by atoms with Crippen molar-refractivity contribution in [3.63, 3.8) is 0 Å². The van der Waals surface area contributed by atoms with Gasteiger partial charge in [0.1, 0.15) is 0 Å². The van der Waals surface area contributed by atoms with E-state index in [1.165, 1.54) is 0 Å². The average molecular weight is 442 g/mol. The third-order valence-corrected chi connectivity index (χ3v) is 7.29. The molecule has 6 nitrogen and oxygen atoms in total. The van der Waals surface area contributed by atoms with E-state index in [4.69, 9.17) is 4.74 Å². The summed E-state index contributed by atoms with van der Waals surface area (Å²) in [5.74, 6) is -0.368. The lowest BCUT2D eigenvalue weighted by Crippen LogP contribution is -2.47. The fourth-order valence-electron chi connectivity index (χ4n) is 4.59. The van der Waals surface area contributed by atoms with Gasteiger partial charge in [-0.3, -0.25) is 9.59 Å². The highest BCUT2D eigenvalue weighted by Crippen LogP contribution is 2.43. The van der Waals surface area contributed by atoms with Crippen LogP contribution >= 0.6 is 11.3 Å². The van der Waals surface area contributed by atoms with E-state index in [-0.39, 0.29) is 36.2 Å². The van der Waals surface area contributed by atoms with Gasteiger partial charge >= 0.3 is 0 Å². The lowest BCUT2D eigenvalue weighted by Gasteiger charge is -2.33. The van der Waals surface area contributed by atoms with Gasteiger partial charge in [0, 0.05) is 49.8 Å². The SMILES string of the molecule is COCCN1CCC(NC(=O)C2CC(=O)N(c3ccc(C)cc3)C2c2cccs2)CC1. The zero-order valence-electron chi connectivity index (χ0n) is 18.3. The Morgan fingerprint density at radius 3 is 2.58 bits per heavy atom. The minimum Gasteiger partial charge on any atom is -0.383 e. The number of rotatable bonds is 7. The molecule has 2 atom stereocenters. The van der Waals surface area contributed by atoms with Gasteiger partial charge in [0.2, 0.25) is 11.8 Å². The van der Waals surface area contributed by atoms with E-state index in [1.807, 2.05) is 53.6 Å². The minimum atomic E-state index is -0.376. The molecule has 31 heavy (non-hydrogen) atoms. The number of likely N-dealkylation sites (tertiary alicyclic amines) is 1. The first kappa shape index (κ1) is 22.0. The fourth-order valence-corrected chi connectivity index (χ4v) is 5.47. The van der Waals surface area contributed by atoms with Crippen LogP contribution in [-0.2, 0) is 14.3 Å². The quantitative estimate of drug-likeness (QED) is 0.716. The molecule has 166 valence electrons. The summed E-state index contributed by atoms with van der Waals surface area (Å²) in [6, 6.07) is 11.9. The number of ether oxygens (including phenoxy) is 1. The molecule has 3 heterocycles. The van der Waals surface area contributed by atoms with Crippen LogP contribution in [0.4, 0.5) is 5.69 Å². The summed E-state index contributed by atoms with van der Waals surface area (Å²) in [5, 5.41) is 5.27. The van der Waals surface area contributed by atoms with Crippen molar-refractivity contribution in [1.29, 1.82) is 0 Å². The lowest BCUT2D eigenvalue weighted by atomic mass is 9.96. The molecule has 1 N–H and O–H groups in total. The van der Waals surface area contributed by atoms with Crippen molar-refractivity contribution >= 4 is 28.8 Å². The number of benzene rings is 1. The summed E-state index contributed by atoms with van der Waals surface area (Å²) in [7, 11) is 1.72. The van der Waals surface area contributed by atoms with E-state index in [0.717, 1.165) is 55.2 Å². The molecule has 2 saturated heterocycles. The Morgan fingerprint density at radius 2 is 1.94 bits per heavy atom. The van der Waals surface area contributed by atoms with Gasteiger partial charge in [0.25, 0.3) is 0 Å². The number of hydrogen-bond donors (Lipinski definition) is 1. The maximum absolute atomic E-state index is 13.3. The minimum absolute atomic E-state index is 0.00305. The Kier molecular flexibility index (Phi) is 7.05. The van der Waals surface area contributed by atoms with E-state index >= 15 is 0 Å². The number of thiophene rings is 1. The normalized spacial score (nSPS) is 22.8. The van der Waals surface area contributed by atoms with E-state index in [2.05, 4.69) is 10.2 Å². The third-order valence-electron chi connectivity index (χ3n) is 6.35. The molecule has 0 aliphatic carbocycles. The van der Waals surface area contributed by atoms with Gasteiger partial charge in [-0.1, -0.05) is 23.8 Å². The van der Waals surface area contributed by atoms with Gasteiger partial charge in [-0.25, -0.2) is 0 Å². The molecule has 4 rings (SSSR count). The van der Waals surface area contributed by atoms with Gasteiger partial charge < -0.3 is 19.9 Å². The van der Waals surface area contributed by atoms with Crippen molar-refractivity contribution in [2.75, 3.05) is 38.3 Å². The van der Waals surface area contributed by atoms with Crippen LogP contribution in [0.3, 0.4) is 0 Å². The van der Waals surface area contributed by atoms with Crippen LogP contribution in [0.2, 0.25) is 0 Å². The lowest BCUT2D eigenvalue weighted by molar-refractivity contribution is -0.127. The van der Waals surface area contributed by atoms with Gasteiger partial charge in [0.05, 0.1) is 18.6 Å². The van der Waals surface area contributed by atoms with E-state index < -0.39 is 0 Å². The maximum atomic E-state index is 13.3. The Bertz CT molecular complexity index is 876. The molecular formula is C24H31N3O3S. The van der Waals surface area contributed by atoms with Crippen LogP contribution in [0.15, 0.2) is 41.8 Å². The standard InChI is InChI=1S/C24H31N3O3S/c1-17-5-7-19(8-6-17)27-22(28)16-20(23(27)21-4-3-15-31-21)24(29)25-18-9-11-26(12-10-18)13-14-30-2/h3-8,15,18,20,23H,9-14,16H2,1-2H3,(H,25,29). The number of piperidine rings is 1. The second-order valence-electron chi connectivity index (χ2n) is 8.49. The molecule has 0 radical (unpaired) electrons. The van der Waals surface area contributed by atoms with Crippen molar-refractivity contribution < 1.29 is 14.3 Å². The van der Waals surface area contributed by atoms with Crippen LogP contribution in [0.1, 0.15) is 35.7 Å². The van der Waals surface area contributed by atoms with Crippen LogP contribution in [0, 0.1) is 12.8 Å². The molecule has 2 fully saturated rings. The second kappa shape index (κ2) is 9.94. The molecule has 0 bridgehead atoms. The van der Waals surface area contributed by atoms with Gasteiger partial charge in [-0.05, 0) is 43.3 Å². The zero-order valence-corrected chi connectivity index (χ0v) is 19.1. The van der Waals surface area contributed by atoms with Crippen LogP contribution < -0.4 is 10.2 Å². The summed E-state index contributed by atoms with van der Waals surface area (Å²) in [6.07, 6.45) is 2.11. The first-order valence-electron chi connectivity index (χ1n) is 11.0. The first-order chi connectivity index (χ1) is 15.1. The smallest absolute Gasteiger partial charge is 0.228 e. The topological polar surface area (TPSA) is 61.9 Å². The summed E-state index contributed by atoms with van der Waals surface area (Å²) in [4.78, 5) is 31.6. The van der Waals surface area contributed by atoms with Crippen LogP contribution in [0.5, 0.6) is 0 Å². The summed E-state index contributed by atoms with van der Waals surface area (Å²) in [5.41, 5.74) is 2.00. The summed E-state index contributed by atoms with van der Waals surface area (Å²) in [6.45, 7) is 5.62. The molecule has 2 aliphatic heterocycles. The molecular weight excluding hydrogens is 410 g/mol. The van der Waals surface area contributed by atoms with Crippen molar-refractivity contribution in [3.05, 3.63) is 52.2 Å². The molecule has 2 amide bonds. The van der Waals surface area contributed by atoms with Crippen LogP contribution in [0.25, 0.3) is 0 Å². The summed E-state index contributed by atoms with van der Waals surface area (Å²) >= 11 is 1.61. The average Bonchev–Trinajstić information content (AvgIpc) is 3.41. The number of carbonyl (C=O) groups is 2. The molecule has 0 saturated carbocycles. The molecule has 0 spiro atoms. The van der Waals surface area contributed by atoms with Crippen molar-refractivity contribution in [1.82, 2.24) is 10.2 Å². The van der Waals surface area contributed by atoms with E-state index in [9.17, 15) is 9.59 Å². The molecule has 2 aliphatic rings. The van der Waals surface area contributed by atoms with Crippen LogP contribution in [-0.4, -0.2) is 56.1 Å². The largest absolute Gasteiger partial charge is 0.383 e. The van der Waals surface area contributed by atoms with Crippen molar-refractivity contribution in [2.45, 2.75) is 38.3 Å². The predicted molar refractivity (Wildman–Crippen MR) is 123 cm³/mol. The Hall–Kier alpha value is -2.22. The number of carbonyl (C=O) groups excluding carboxylic acids is 2. The predicted octanol–water partition coefficient (Wildman–Crippen LogP) is 3.38. The Labute approximate surface area is 188 Å². The number of aryl methyl sites for hydroxylation is 1. The maximum Gasteiger partial charge on any atom is 0.228 e. The first-order valence-corrected chi connectivity index (χ1v) is 11.9. The Balaban J connectivity index is 1.47. The van der Waals surface area contributed by atoms with Gasteiger partial charge in [-0.2, -0.15) is 0 Å². The highest BCUT2D eigenvalue weighted by molar-refractivity contribution is 7.10. The third kappa shape index (κ3) is 5.00. The van der Waals surface area contributed by atoms with Gasteiger partial charge in [0.15, 0.2) is 0 Å². The summed E-state index contributed by atoms with van der Waals surface area (Å²) < 4.78 is 5.17. The second-order valence-corrected chi connectivity index (χ2v) is 9.47. The van der Waals surface area contributed by atoms with Crippen molar-refractivity contribution in [3.8, 4) is 0 Å². The molecule has 2 unspecified atom stereocenters. The van der Waals surface area contributed by atoms with E-state index in [1.54, 1.807) is 18.4 Å². The molecule has 2 aromatic rings. The highest BCUT2D eigenvalue weighted by atomic mass is 32.1. The highest BCUT2D eigenvalue weighted by Gasteiger charge is 2.46. The number of nitrogens with one attached hydrogen (secondary N) is 1. The molecule has 1 aromatic carbocycles. The number of anilines is 1. The Morgan fingerprint density at radius 1 is 1.19 bits per heavy atom. The zero-order chi connectivity index (χ0) is 21.8. The van der Waals surface area contributed by atoms with E-state index in [0.29, 0.717) is 0 Å². The van der Waals surface area contributed by atoms with Crippen molar-refractivity contribution in [2.24, 2.45) is 5.92 Å². The fraction of sp³-hybridized carbons (Fsp3) is 0.500. The molecule has 1 aromatic heterocycles. The monoisotopic (exact) mass is 441 g/mol. The number of methoxy groups -OCH3 is 1. The number of nitrogens with zero attached hydrogens (tertiary/aromatic N) is 2. The van der Waals surface area contributed by atoms with Gasteiger partial charge in [-0.15, -0.1) is 11.3 Å². The molecule has 7 heteroatoms. The number of amides is 2.